The first-order valence-electron chi connectivity index (χ1n) is 5.80. The number of rotatable bonds is 4. The second-order valence-corrected chi connectivity index (χ2v) is 4.12. The third-order valence-electron chi connectivity index (χ3n) is 2.52. The Morgan fingerprint density at radius 3 is 2.72 bits per heavy atom. The van der Waals surface area contributed by atoms with E-state index in [0.29, 0.717) is 18.8 Å². The molecule has 0 radical (unpaired) electrons. The van der Waals surface area contributed by atoms with E-state index in [1.807, 2.05) is 19.9 Å². The van der Waals surface area contributed by atoms with Crippen LogP contribution in [0.4, 0.5) is 0 Å². The minimum Gasteiger partial charge on any atom is -0.506 e. The summed E-state index contributed by atoms with van der Waals surface area (Å²) in [5.41, 5.74) is 2.47. The van der Waals surface area contributed by atoms with Crippen molar-refractivity contribution in [2.45, 2.75) is 26.9 Å². The zero-order valence-electron chi connectivity index (χ0n) is 10.5. The van der Waals surface area contributed by atoms with Gasteiger partial charge in [0.15, 0.2) is 0 Å². The van der Waals surface area contributed by atoms with Gasteiger partial charge < -0.3 is 10.4 Å². The smallest absolute Gasteiger partial charge is 0.138 e. The van der Waals surface area contributed by atoms with Crippen molar-refractivity contribution < 1.29 is 5.11 Å². The van der Waals surface area contributed by atoms with E-state index >= 15 is 0 Å². The highest BCUT2D eigenvalue weighted by Crippen LogP contribution is 2.14. The lowest BCUT2D eigenvalue weighted by Crippen LogP contribution is -2.15. The van der Waals surface area contributed by atoms with Crippen LogP contribution in [0, 0.1) is 13.8 Å². The van der Waals surface area contributed by atoms with Gasteiger partial charge in [-0.2, -0.15) is 0 Å². The second-order valence-electron chi connectivity index (χ2n) is 4.12. The molecule has 0 aromatic carbocycles. The lowest BCUT2D eigenvalue weighted by Gasteiger charge is -2.07. The Kier molecular flexibility index (Phi) is 3.84. The first-order chi connectivity index (χ1) is 8.65. The molecule has 0 saturated carbocycles. The molecule has 94 valence electrons. The highest BCUT2D eigenvalue weighted by atomic mass is 16.3. The molecule has 0 amide bonds. The summed E-state index contributed by atoms with van der Waals surface area (Å²) in [5.74, 6) is 0.970. The van der Waals surface area contributed by atoms with Gasteiger partial charge in [0.05, 0.1) is 11.4 Å². The molecule has 0 bridgehead atoms. The molecule has 2 aromatic rings. The average molecular weight is 244 g/mol. The topological polar surface area (TPSA) is 70.9 Å². The molecule has 5 nitrogen and oxygen atoms in total. The van der Waals surface area contributed by atoms with Crippen molar-refractivity contribution in [3.63, 3.8) is 0 Å². The van der Waals surface area contributed by atoms with Crippen molar-refractivity contribution in [3.8, 4) is 5.75 Å². The predicted octanol–water partition coefficient (Wildman–Crippen LogP) is 1.48. The molecule has 2 aromatic heterocycles. The van der Waals surface area contributed by atoms with Crippen molar-refractivity contribution >= 4 is 0 Å². The molecule has 18 heavy (non-hydrogen) atoms. The molecule has 0 aliphatic rings. The summed E-state index contributed by atoms with van der Waals surface area (Å²) in [6, 6.07) is 5.31. The van der Waals surface area contributed by atoms with Crippen LogP contribution in [0.25, 0.3) is 0 Å². The fourth-order valence-electron chi connectivity index (χ4n) is 1.65. The fraction of sp³-hybridized carbons (Fsp3) is 0.308. The van der Waals surface area contributed by atoms with Crippen molar-refractivity contribution in [1.82, 2.24) is 20.3 Å². The fourth-order valence-corrected chi connectivity index (χ4v) is 1.65. The first kappa shape index (κ1) is 12.4. The minimum absolute atomic E-state index is 0.215. The van der Waals surface area contributed by atoms with Gasteiger partial charge in [0.2, 0.25) is 0 Å². The number of nitrogens with one attached hydrogen (secondary N) is 1. The number of aromatic nitrogens is 3. The summed E-state index contributed by atoms with van der Waals surface area (Å²) in [7, 11) is 0. The molecule has 0 fully saturated rings. The Morgan fingerprint density at radius 1 is 1.11 bits per heavy atom. The number of nitrogens with zero attached hydrogens (tertiary/aromatic N) is 3. The van der Waals surface area contributed by atoms with Crippen molar-refractivity contribution in [2.75, 3.05) is 0 Å². The largest absolute Gasteiger partial charge is 0.506 e. The summed E-state index contributed by atoms with van der Waals surface area (Å²) in [6.07, 6.45) is 1.74. The van der Waals surface area contributed by atoms with Gasteiger partial charge in [0.25, 0.3) is 0 Å². The lowest BCUT2D eigenvalue weighted by atomic mass is 10.3. The number of pyridine rings is 1. The van der Waals surface area contributed by atoms with Gasteiger partial charge in [0, 0.05) is 25.0 Å². The zero-order valence-corrected chi connectivity index (χ0v) is 10.5. The number of aromatic hydroxyl groups is 1. The summed E-state index contributed by atoms with van der Waals surface area (Å²) < 4.78 is 0. The van der Waals surface area contributed by atoms with Crippen LogP contribution in [-0.2, 0) is 13.1 Å². The van der Waals surface area contributed by atoms with E-state index in [1.165, 1.54) is 0 Å². The van der Waals surface area contributed by atoms with E-state index in [0.717, 1.165) is 17.2 Å². The zero-order chi connectivity index (χ0) is 13.0. The number of hydrogen-bond acceptors (Lipinski definition) is 5. The standard InChI is InChI=1S/C13H16N4O/c1-9-3-4-13(18)12(16-9)8-14-7-11-5-6-15-10(2)17-11/h3-6,14,18H,7-8H2,1-2H3. The molecule has 0 aliphatic carbocycles. The number of aryl methyl sites for hydroxylation is 2. The van der Waals surface area contributed by atoms with Crippen LogP contribution in [-0.4, -0.2) is 20.1 Å². The normalized spacial score (nSPS) is 10.6. The van der Waals surface area contributed by atoms with Crippen LogP contribution in [0.1, 0.15) is 22.9 Å². The average Bonchev–Trinajstić information content (AvgIpc) is 2.34. The highest BCUT2D eigenvalue weighted by molar-refractivity contribution is 5.27. The van der Waals surface area contributed by atoms with Gasteiger partial charge in [-0.3, -0.25) is 4.98 Å². The summed E-state index contributed by atoms with van der Waals surface area (Å²) in [4.78, 5) is 12.6. The van der Waals surface area contributed by atoms with Crippen LogP contribution >= 0.6 is 0 Å². The maximum Gasteiger partial charge on any atom is 0.138 e. The van der Waals surface area contributed by atoms with Gasteiger partial charge in [-0.1, -0.05) is 0 Å². The van der Waals surface area contributed by atoms with E-state index in [1.54, 1.807) is 18.3 Å². The van der Waals surface area contributed by atoms with E-state index in [9.17, 15) is 5.11 Å². The molecule has 0 saturated heterocycles. The quantitative estimate of drug-likeness (QED) is 0.852. The SMILES string of the molecule is Cc1ccc(O)c(CNCc2ccnc(C)n2)n1. The molecule has 0 unspecified atom stereocenters. The maximum atomic E-state index is 9.65. The Bertz CT molecular complexity index is 542. The van der Waals surface area contributed by atoms with E-state index in [4.69, 9.17) is 0 Å². The molecule has 2 N–H and O–H groups in total. The summed E-state index contributed by atoms with van der Waals surface area (Å²) >= 11 is 0. The van der Waals surface area contributed by atoms with Crippen molar-refractivity contribution in [3.05, 3.63) is 47.3 Å². The Labute approximate surface area is 106 Å². The molecular formula is C13H16N4O. The Hall–Kier alpha value is -2.01. The Balaban J connectivity index is 1.94. The molecular weight excluding hydrogens is 228 g/mol. The minimum atomic E-state index is 0.215. The third kappa shape index (κ3) is 3.24. The molecule has 0 atom stereocenters. The monoisotopic (exact) mass is 244 g/mol. The van der Waals surface area contributed by atoms with Gasteiger partial charge in [-0.25, -0.2) is 9.97 Å². The van der Waals surface area contributed by atoms with Gasteiger partial charge in [-0.05, 0) is 32.0 Å². The summed E-state index contributed by atoms with van der Waals surface area (Å²) in [6.45, 7) is 4.89. The van der Waals surface area contributed by atoms with Crippen molar-refractivity contribution in [1.29, 1.82) is 0 Å². The van der Waals surface area contributed by atoms with Crippen LogP contribution in [0.15, 0.2) is 24.4 Å². The van der Waals surface area contributed by atoms with E-state index < -0.39 is 0 Å². The van der Waals surface area contributed by atoms with Gasteiger partial charge in [-0.15, -0.1) is 0 Å². The van der Waals surface area contributed by atoms with Gasteiger partial charge in [0.1, 0.15) is 11.6 Å². The molecule has 0 aliphatic heterocycles. The van der Waals surface area contributed by atoms with Crippen LogP contribution in [0.3, 0.4) is 0 Å². The first-order valence-corrected chi connectivity index (χ1v) is 5.80. The molecule has 5 heteroatoms. The van der Waals surface area contributed by atoms with Crippen LogP contribution in [0.5, 0.6) is 5.75 Å². The Morgan fingerprint density at radius 2 is 1.94 bits per heavy atom. The molecule has 0 spiro atoms. The molecule has 2 heterocycles. The molecule has 2 rings (SSSR count). The lowest BCUT2D eigenvalue weighted by molar-refractivity contribution is 0.458. The number of hydrogen-bond donors (Lipinski definition) is 2. The van der Waals surface area contributed by atoms with Gasteiger partial charge >= 0.3 is 0 Å². The van der Waals surface area contributed by atoms with E-state index in [2.05, 4.69) is 20.3 Å². The van der Waals surface area contributed by atoms with Crippen molar-refractivity contribution in [2.24, 2.45) is 0 Å². The van der Waals surface area contributed by atoms with E-state index in [-0.39, 0.29) is 5.75 Å². The highest BCUT2D eigenvalue weighted by Gasteiger charge is 2.03. The van der Waals surface area contributed by atoms with Crippen LogP contribution < -0.4 is 5.32 Å². The third-order valence-corrected chi connectivity index (χ3v) is 2.52. The maximum absolute atomic E-state index is 9.65. The predicted molar refractivity (Wildman–Crippen MR) is 68.0 cm³/mol. The summed E-state index contributed by atoms with van der Waals surface area (Å²) in [5, 5.41) is 12.8. The second kappa shape index (κ2) is 5.55. The van der Waals surface area contributed by atoms with Crippen LogP contribution in [0.2, 0.25) is 0 Å².